The number of H-pyrrole nitrogens is 1. The maximum absolute atomic E-state index is 4.12. The van der Waals surface area contributed by atoms with Gasteiger partial charge in [-0.25, -0.2) is 4.98 Å². The highest BCUT2D eigenvalue weighted by molar-refractivity contribution is 5.74. The van der Waals surface area contributed by atoms with Gasteiger partial charge in [-0.1, -0.05) is 42.5 Å². The van der Waals surface area contributed by atoms with Crippen molar-refractivity contribution in [2.24, 2.45) is 0 Å². The number of aromatic nitrogens is 4. The minimum absolute atomic E-state index is 0.949. The number of nitrogens with one attached hydrogen (secondary N) is 2. The second-order valence-electron chi connectivity index (χ2n) is 6.30. The highest BCUT2D eigenvalue weighted by Crippen LogP contribution is 2.20. The van der Waals surface area contributed by atoms with E-state index >= 15 is 0 Å². The van der Waals surface area contributed by atoms with Crippen LogP contribution in [0.1, 0.15) is 5.56 Å². The van der Waals surface area contributed by atoms with E-state index in [0.29, 0.717) is 0 Å². The zero-order valence-electron chi connectivity index (χ0n) is 15.4. The lowest BCUT2D eigenvalue weighted by molar-refractivity contribution is 1.11. The second-order valence-corrected chi connectivity index (χ2v) is 6.30. The molecule has 3 aromatic carbocycles. The van der Waals surface area contributed by atoms with Crippen LogP contribution in [-0.4, -0.2) is 26.5 Å². The number of imidazole rings is 1. The molecule has 5 aromatic rings. The van der Waals surface area contributed by atoms with Gasteiger partial charge in [-0.2, -0.15) is 0 Å². The fraction of sp³-hybridized carbons (Fsp3) is 0.0870. The largest absolute Gasteiger partial charge is 0.384 e. The number of para-hydroxylation sites is 5. The molecule has 138 valence electrons. The predicted octanol–water partition coefficient (Wildman–Crippen LogP) is 4.85. The molecule has 0 atom stereocenters. The Labute approximate surface area is 163 Å². The van der Waals surface area contributed by atoms with Crippen molar-refractivity contribution >= 4 is 27.8 Å². The molecule has 0 radical (unpaired) electrons. The van der Waals surface area contributed by atoms with Gasteiger partial charge in [0.15, 0.2) is 0 Å². The first-order valence-corrected chi connectivity index (χ1v) is 9.26. The van der Waals surface area contributed by atoms with Crippen LogP contribution in [0, 0.1) is 0 Å². The van der Waals surface area contributed by atoms with Gasteiger partial charge in [-0.3, -0.25) is 9.97 Å². The van der Waals surface area contributed by atoms with Crippen LogP contribution in [0.15, 0.2) is 91.5 Å². The monoisotopic (exact) mass is 367 g/mol. The van der Waals surface area contributed by atoms with Crippen LogP contribution in [0.3, 0.4) is 0 Å². The molecular weight excluding hydrogens is 346 g/mol. The number of rotatable bonds is 0. The van der Waals surface area contributed by atoms with Crippen LogP contribution in [0.25, 0.3) is 22.1 Å². The summed E-state index contributed by atoms with van der Waals surface area (Å²) in [4.78, 5) is 15.3. The summed E-state index contributed by atoms with van der Waals surface area (Å²) in [5, 5.41) is 3.30. The topological polar surface area (TPSA) is 66.5 Å². The number of anilines is 1. The number of nitrogens with zero attached hydrogens (tertiary/aromatic N) is 3. The van der Waals surface area contributed by atoms with Gasteiger partial charge < -0.3 is 10.3 Å². The van der Waals surface area contributed by atoms with Crippen LogP contribution in [-0.2, 0) is 6.42 Å². The molecule has 0 spiro atoms. The molecule has 5 heteroatoms. The molecule has 1 aliphatic rings. The second kappa shape index (κ2) is 8.77. The van der Waals surface area contributed by atoms with Crippen LogP contribution in [0.5, 0.6) is 0 Å². The molecule has 5 nitrogen and oxygen atoms in total. The smallest absolute Gasteiger partial charge is 0.0931 e. The first kappa shape index (κ1) is 17.7. The molecule has 2 aromatic heterocycles. The molecule has 1 aliphatic heterocycles. The summed E-state index contributed by atoms with van der Waals surface area (Å²) in [6.07, 6.45) is 6.28. The zero-order chi connectivity index (χ0) is 19.0. The Bertz CT molecular complexity index is 1050. The molecule has 0 saturated carbocycles. The van der Waals surface area contributed by atoms with Gasteiger partial charge in [0.05, 0.1) is 28.4 Å². The molecule has 0 amide bonds. The van der Waals surface area contributed by atoms with Gasteiger partial charge in [0.1, 0.15) is 0 Å². The Balaban J connectivity index is 0.000000103. The molecule has 3 heterocycles. The molecule has 0 bridgehead atoms. The van der Waals surface area contributed by atoms with E-state index in [-0.39, 0.29) is 0 Å². The molecule has 0 aliphatic carbocycles. The van der Waals surface area contributed by atoms with Crippen molar-refractivity contribution < 1.29 is 0 Å². The van der Waals surface area contributed by atoms with Gasteiger partial charge in [0.25, 0.3) is 0 Å². The summed E-state index contributed by atoms with van der Waals surface area (Å²) in [5.41, 5.74) is 6.79. The normalized spacial score (nSPS) is 11.6. The van der Waals surface area contributed by atoms with Crippen molar-refractivity contribution in [1.29, 1.82) is 0 Å². The Hall–Kier alpha value is -3.73. The third-order valence-corrected chi connectivity index (χ3v) is 4.43. The summed E-state index contributed by atoms with van der Waals surface area (Å²) in [7, 11) is 0. The van der Waals surface area contributed by atoms with Crippen LogP contribution in [0.2, 0.25) is 0 Å². The van der Waals surface area contributed by atoms with Crippen molar-refractivity contribution in [2.75, 3.05) is 11.9 Å². The molecule has 0 unspecified atom stereocenters. The standard InChI is InChI=1S/C8H6N2.C8H9N.C7H6N2/c1-2-4-8-7(3-1)9-5-6-10-8;1-2-4-8-7(3-1)5-6-9-8;1-2-4-7-6(3-1)8-5-9-7/h1-6H;1-4,9H,5-6H2;1-5H,(H,8,9). The van der Waals surface area contributed by atoms with E-state index in [1.165, 1.54) is 17.7 Å². The number of fused-ring (bicyclic) bond motifs is 3. The minimum atomic E-state index is 0.949. The summed E-state index contributed by atoms with van der Waals surface area (Å²) >= 11 is 0. The maximum Gasteiger partial charge on any atom is 0.0931 e. The van der Waals surface area contributed by atoms with Gasteiger partial charge in [0, 0.05) is 24.6 Å². The fourth-order valence-electron chi connectivity index (χ4n) is 3.03. The zero-order valence-corrected chi connectivity index (χ0v) is 15.4. The summed E-state index contributed by atoms with van der Waals surface area (Å²) < 4.78 is 0. The van der Waals surface area contributed by atoms with Gasteiger partial charge in [-0.15, -0.1) is 0 Å². The van der Waals surface area contributed by atoms with Crippen LogP contribution >= 0.6 is 0 Å². The van der Waals surface area contributed by atoms with Crippen molar-refractivity contribution in [2.45, 2.75) is 6.42 Å². The van der Waals surface area contributed by atoms with Crippen LogP contribution < -0.4 is 5.32 Å². The van der Waals surface area contributed by atoms with E-state index in [4.69, 9.17) is 0 Å². The molecule has 0 fully saturated rings. The average Bonchev–Trinajstić information content (AvgIpc) is 3.44. The summed E-state index contributed by atoms with van der Waals surface area (Å²) in [5.74, 6) is 0. The van der Waals surface area contributed by atoms with Gasteiger partial charge in [0.2, 0.25) is 0 Å². The van der Waals surface area contributed by atoms with E-state index < -0.39 is 0 Å². The first-order chi connectivity index (χ1) is 13.9. The SMILES string of the molecule is c1ccc2[nH]cnc2c1.c1ccc2c(c1)CCN2.c1ccc2nccnc2c1. The number of hydrogen-bond acceptors (Lipinski definition) is 4. The van der Waals surface area contributed by atoms with E-state index in [9.17, 15) is 0 Å². The number of benzene rings is 3. The Kier molecular flexibility index (Phi) is 5.54. The van der Waals surface area contributed by atoms with Crippen molar-refractivity contribution in [3.8, 4) is 0 Å². The van der Waals surface area contributed by atoms with Gasteiger partial charge >= 0.3 is 0 Å². The Morgan fingerprint density at radius 3 is 2.00 bits per heavy atom. The maximum atomic E-state index is 4.12. The molecule has 28 heavy (non-hydrogen) atoms. The van der Waals surface area contributed by atoms with Crippen molar-refractivity contribution in [1.82, 2.24) is 19.9 Å². The van der Waals surface area contributed by atoms with Gasteiger partial charge in [-0.05, 0) is 42.3 Å². The molecule has 6 rings (SSSR count). The lowest BCUT2D eigenvalue weighted by Crippen LogP contribution is -1.90. The van der Waals surface area contributed by atoms with Crippen molar-refractivity contribution in [3.63, 3.8) is 0 Å². The van der Waals surface area contributed by atoms with Crippen molar-refractivity contribution in [3.05, 3.63) is 97.1 Å². The lowest BCUT2D eigenvalue weighted by Gasteiger charge is -1.94. The number of hydrogen-bond donors (Lipinski definition) is 2. The predicted molar refractivity (Wildman–Crippen MR) is 114 cm³/mol. The lowest BCUT2D eigenvalue weighted by atomic mass is 10.2. The Morgan fingerprint density at radius 1 is 0.643 bits per heavy atom. The molecule has 2 N–H and O–H groups in total. The van der Waals surface area contributed by atoms with E-state index in [1.54, 1.807) is 18.7 Å². The third kappa shape index (κ3) is 4.32. The summed E-state index contributed by atoms with van der Waals surface area (Å²) in [6.45, 7) is 1.11. The van der Waals surface area contributed by atoms with E-state index in [0.717, 1.165) is 28.6 Å². The Morgan fingerprint density at radius 2 is 1.29 bits per heavy atom. The quantitative estimate of drug-likeness (QED) is 0.411. The highest BCUT2D eigenvalue weighted by atomic mass is 14.9. The minimum Gasteiger partial charge on any atom is -0.384 e. The fourth-order valence-corrected chi connectivity index (χ4v) is 3.03. The van der Waals surface area contributed by atoms with E-state index in [1.807, 2.05) is 48.5 Å². The van der Waals surface area contributed by atoms with E-state index in [2.05, 4.69) is 49.5 Å². The highest BCUT2D eigenvalue weighted by Gasteiger charge is 2.05. The average molecular weight is 367 g/mol. The summed E-state index contributed by atoms with van der Waals surface area (Å²) in [6, 6.07) is 24.2. The molecular formula is C23H21N5. The van der Waals surface area contributed by atoms with Crippen LogP contribution in [0.4, 0.5) is 5.69 Å². The first-order valence-electron chi connectivity index (χ1n) is 9.26. The molecule has 0 saturated heterocycles. The number of aromatic amines is 1. The third-order valence-electron chi connectivity index (χ3n) is 4.43.